The average Bonchev–Trinajstić information content (AvgIpc) is 2.77. The van der Waals surface area contributed by atoms with Crippen molar-refractivity contribution >= 4 is 15.7 Å². The predicted molar refractivity (Wildman–Crippen MR) is 95.1 cm³/mol. The molecule has 0 aliphatic carbocycles. The number of hydrogen-bond acceptors (Lipinski definition) is 4. The van der Waals surface area contributed by atoms with Gasteiger partial charge in [0.2, 0.25) is 0 Å². The highest BCUT2D eigenvalue weighted by Gasteiger charge is 2.31. The Hall–Kier alpha value is -2.05. The summed E-state index contributed by atoms with van der Waals surface area (Å²) in [6, 6.07) is 11.2. The number of aryl methyl sites for hydroxylation is 2. The van der Waals surface area contributed by atoms with Gasteiger partial charge in [-0.15, -0.1) is 0 Å². The van der Waals surface area contributed by atoms with Gasteiger partial charge in [-0.05, 0) is 42.7 Å². The van der Waals surface area contributed by atoms with Crippen molar-refractivity contribution in [2.45, 2.75) is 25.3 Å². The minimum atomic E-state index is -3.72. The third kappa shape index (κ3) is 2.87. The number of nitrogens with zero attached hydrogens (tertiary/aromatic N) is 1. The van der Waals surface area contributed by atoms with Crippen LogP contribution in [0.15, 0.2) is 41.3 Å². The van der Waals surface area contributed by atoms with Crippen molar-refractivity contribution in [2.75, 3.05) is 24.5 Å². The van der Waals surface area contributed by atoms with E-state index in [1.165, 1.54) is 11.4 Å². The first-order valence-electron chi connectivity index (χ1n) is 7.91. The van der Waals surface area contributed by atoms with E-state index in [0.29, 0.717) is 25.4 Å². The largest absolute Gasteiger partial charge is 0.495 e. The molecule has 2 aromatic carbocycles. The first kappa shape index (κ1) is 16.8. The van der Waals surface area contributed by atoms with Crippen molar-refractivity contribution in [3.05, 3.63) is 53.1 Å². The van der Waals surface area contributed by atoms with Gasteiger partial charge in [0.1, 0.15) is 10.6 Å². The molecule has 2 aromatic rings. The van der Waals surface area contributed by atoms with Crippen LogP contribution in [0.5, 0.6) is 5.75 Å². The molecule has 0 unspecified atom stereocenters. The Labute approximate surface area is 143 Å². The van der Waals surface area contributed by atoms with Crippen molar-refractivity contribution in [1.29, 1.82) is 0 Å². The van der Waals surface area contributed by atoms with E-state index in [4.69, 9.17) is 4.74 Å². The molecule has 0 radical (unpaired) electrons. The summed E-state index contributed by atoms with van der Waals surface area (Å²) < 4.78 is 33.7. The van der Waals surface area contributed by atoms with Crippen LogP contribution in [0.1, 0.15) is 16.7 Å². The van der Waals surface area contributed by atoms with E-state index in [0.717, 1.165) is 22.4 Å². The fraction of sp³-hybridized carbons (Fsp3) is 0.333. The Kier molecular flexibility index (Phi) is 4.51. The van der Waals surface area contributed by atoms with E-state index in [1.54, 1.807) is 6.07 Å². The van der Waals surface area contributed by atoms with E-state index < -0.39 is 10.0 Å². The van der Waals surface area contributed by atoms with E-state index in [2.05, 4.69) is 5.32 Å². The van der Waals surface area contributed by atoms with E-state index in [-0.39, 0.29) is 4.90 Å². The molecule has 0 atom stereocenters. The lowest BCUT2D eigenvalue weighted by molar-refractivity contribution is 0.399. The third-order valence-electron chi connectivity index (χ3n) is 4.22. The fourth-order valence-electron chi connectivity index (χ4n) is 3.16. The van der Waals surface area contributed by atoms with E-state index in [9.17, 15) is 8.42 Å². The molecule has 0 saturated carbocycles. The number of anilines is 1. The van der Waals surface area contributed by atoms with E-state index in [1.807, 2.05) is 44.2 Å². The lowest BCUT2D eigenvalue weighted by atomic mass is 10.1. The van der Waals surface area contributed by atoms with Crippen LogP contribution in [0.2, 0.25) is 0 Å². The zero-order valence-electron chi connectivity index (χ0n) is 14.2. The van der Waals surface area contributed by atoms with Crippen LogP contribution in [-0.2, 0) is 16.6 Å². The second kappa shape index (κ2) is 6.45. The Bertz CT molecular complexity index is 863. The summed E-state index contributed by atoms with van der Waals surface area (Å²) in [4.78, 5) is 0.221. The van der Waals surface area contributed by atoms with Crippen LogP contribution in [0.3, 0.4) is 0 Å². The molecule has 6 heteroatoms. The summed E-state index contributed by atoms with van der Waals surface area (Å²) >= 11 is 0. The van der Waals surface area contributed by atoms with Crippen LogP contribution in [0.25, 0.3) is 0 Å². The molecule has 0 aromatic heterocycles. The molecule has 1 N–H and O–H groups in total. The maximum Gasteiger partial charge on any atom is 0.268 e. The first-order chi connectivity index (χ1) is 11.4. The molecule has 0 spiro atoms. The number of methoxy groups -OCH3 is 1. The number of sulfonamides is 1. The molecule has 0 bridgehead atoms. The average molecular weight is 346 g/mol. The summed E-state index contributed by atoms with van der Waals surface area (Å²) in [6.45, 7) is 5.40. The quantitative estimate of drug-likeness (QED) is 0.928. The van der Waals surface area contributed by atoms with Crippen LogP contribution in [-0.4, -0.2) is 28.6 Å². The van der Waals surface area contributed by atoms with Gasteiger partial charge in [0.15, 0.2) is 0 Å². The zero-order chi connectivity index (χ0) is 17.3. The predicted octanol–water partition coefficient (Wildman–Crippen LogP) is 2.61. The van der Waals surface area contributed by atoms with Gasteiger partial charge in [-0.1, -0.05) is 24.3 Å². The normalized spacial score (nSPS) is 14.9. The van der Waals surface area contributed by atoms with Gasteiger partial charge in [0.25, 0.3) is 10.0 Å². The van der Waals surface area contributed by atoms with Gasteiger partial charge in [-0.3, -0.25) is 4.31 Å². The second-order valence-electron chi connectivity index (χ2n) is 6.00. The summed E-state index contributed by atoms with van der Waals surface area (Å²) in [5.74, 6) is 0.412. The second-order valence-corrected chi connectivity index (χ2v) is 7.83. The Morgan fingerprint density at radius 3 is 2.67 bits per heavy atom. The van der Waals surface area contributed by atoms with Crippen LogP contribution < -0.4 is 14.4 Å². The summed E-state index contributed by atoms with van der Waals surface area (Å²) in [6.07, 6.45) is 0. The number of rotatable bonds is 3. The van der Waals surface area contributed by atoms with Gasteiger partial charge < -0.3 is 10.1 Å². The molecule has 1 aliphatic heterocycles. The number of benzene rings is 2. The van der Waals surface area contributed by atoms with Crippen LogP contribution in [0, 0.1) is 13.8 Å². The molecule has 5 nitrogen and oxygen atoms in total. The monoisotopic (exact) mass is 346 g/mol. The minimum Gasteiger partial charge on any atom is -0.495 e. The molecule has 3 rings (SSSR count). The Balaban J connectivity index is 2.19. The number of fused-ring (bicyclic) bond motifs is 1. The third-order valence-corrected chi connectivity index (χ3v) is 6.04. The molecule has 24 heavy (non-hydrogen) atoms. The highest BCUT2D eigenvalue weighted by atomic mass is 32.2. The maximum absolute atomic E-state index is 13.4. The molecule has 128 valence electrons. The maximum atomic E-state index is 13.4. The Morgan fingerprint density at radius 2 is 1.92 bits per heavy atom. The number of hydrogen-bond donors (Lipinski definition) is 1. The highest BCUT2D eigenvalue weighted by Crippen LogP contribution is 2.35. The van der Waals surface area contributed by atoms with Crippen LogP contribution >= 0.6 is 0 Å². The topological polar surface area (TPSA) is 58.6 Å². The van der Waals surface area contributed by atoms with E-state index >= 15 is 0 Å². The van der Waals surface area contributed by atoms with Gasteiger partial charge in [0.05, 0.1) is 12.8 Å². The highest BCUT2D eigenvalue weighted by molar-refractivity contribution is 7.93. The summed E-state index contributed by atoms with van der Waals surface area (Å²) in [5.41, 5.74) is 3.41. The lowest BCUT2D eigenvalue weighted by Crippen LogP contribution is -2.35. The summed E-state index contributed by atoms with van der Waals surface area (Å²) in [5, 5.41) is 3.27. The number of nitrogens with one attached hydrogen (secondary N) is 1. The Morgan fingerprint density at radius 1 is 1.17 bits per heavy atom. The van der Waals surface area contributed by atoms with Crippen molar-refractivity contribution in [2.24, 2.45) is 0 Å². The van der Waals surface area contributed by atoms with Crippen LogP contribution in [0.4, 0.5) is 5.69 Å². The molecule has 1 heterocycles. The smallest absolute Gasteiger partial charge is 0.268 e. The van der Waals surface area contributed by atoms with Gasteiger partial charge in [-0.25, -0.2) is 8.42 Å². The zero-order valence-corrected chi connectivity index (χ0v) is 15.0. The lowest BCUT2D eigenvalue weighted by Gasteiger charge is -2.25. The molecular weight excluding hydrogens is 324 g/mol. The minimum absolute atomic E-state index is 0.221. The van der Waals surface area contributed by atoms with Crippen molar-refractivity contribution in [3.63, 3.8) is 0 Å². The van der Waals surface area contributed by atoms with Crippen molar-refractivity contribution in [3.8, 4) is 5.75 Å². The van der Waals surface area contributed by atoms with Gasteiger partial charge >= 0.3 is 0 Å². The van der Waals surface area contributed by atoms with Crippen molar-refractivity contribution in [1.82, 2.24) is 5.32 Å². The summed E-state index contributed by atoms with van der Waals surface area (Å²) in [7, 11) is -2.21. The molecule has 1 aliphatic rings. The van der Waals surface area contributed by atoms with Crippen molar-refractivity contribution < 1.29 is 13.2 Å². The standard InChI is InChI=1S/C18H22N2O3S/c1-13-10-14(2)18(23-3)17(11-13)24(21,22)20-9-8-19-12-15-6-4-5-7-16(15)20/h4-7,10-11,19H,8-9,12H2,1-3H3. The van der Waals surface area contributed by atoms with Gasteiger partial charge in [-0.2, -0.15) is 0 Å². The molecular formula is C18H22N2O3S. The molecule has 0 amide bonds. The number of para-hydroxylation sites is 1. The molecule has 0 saturated heterocycles. The number of ether oxygens (including phenoxy) is 1. The first-order valence-corrected chi connectivity index (χ1v) is 9.36. The van der Waals surface area contributed by atoms with Gasteiger partial charge in [0, 0.05) is 19.6 Å². The molecule has 0 fully saturated rings. The fourth-order valence-corrected chi connectivity index (χ4v) is 4.98. The SMILES string of the molecule is COc1c(C)cc(C)cc1S(=O)(=O)N1CCNCc2ccccc21.